The number of carbonyl (C=O) groups excluding carboxylic acids is 1. The molecule has 0 radical (unpaired) electrons. The Hall–Kier alpha value is -2.69. The summed E-state index contributed by atoms with van der Waals surface area (Å²) in [6.45, 7) is 4.32. The van der Waals surface area contributed by atoms with Crippen molar-refractivity contribution in [2.75, 3.05) is 6.61 Å². The highest BCUT2D eigenvalue weighted by Crippen LogP contribution is 2.35. The number of rotatable bonds is 5. The number of fused-ring (bicyclic) bond motifs is 1. The van der Waals surface area contributed by atoms with Crippen LogP contribution in [-0.2, 0) is 6.42 Å². The number of hydrogen-bond acceptors (Lipinski definition) is 3. The van der Waals surface area contributed by atoms with Crippen LogP contribution in [0.2, 0.25) is 0 Å². The fraction of sp³-hybridized carbons (Fsp3) is 0.250. The summed E-state index contributed by atoms with van der Waals surface area (Å²) in [5.41, 5.74) is 1.40. The predicted octanol–water partition coefficient (Wildman–Crippen LogP) is 4.58. The van der Waals surface area contributed by atoms with E-state index in [9.17, 15) is 13.6 Å². The second-order valence-electron chi connectivity index (χ2n) is 5.89. The first kappa shape index (κ1) is 17.1. The van der Waals surface area contributed by atoms with E-state index >= 15 is 0 Å². The highest BCUT2D eigenvalue weighted by atomic mass is 19.1. The highest BCUT2D eigenvalue weighted by Gasteiger charge is 2.21. The second-order valence-corrected chi connectivity index (χ2v) is 5.89. The number of carbonyl (C=O) groups is 1. The first-order valence-electron chi connectivity index (χ1n) is 8.11. The summed E-state index contributed by atoms with van der Waals surface area (Å²) in [6, 6.07) is 6.50. The van der Waals surface area contributed by atoms with Crippen molar-refractivity contribution in [2.45, 2.75) is 26.4 Å². The van der Waals surface area contributed by atoms with Crippen molar-refractivity contribution in [2.24, 2.45) is 0 Å². The van der Waals surface area contributed by atoms with Gasteiger partial charge in [0.1, 0.15) is 29.2 Å². The summed E-state index contributed by atoms with van der Waals surface area (Å²) in [4.78, 5) is 12.2. The smallest absolute Gasteiger partial charge is 0.188 e. The fourth-order valence-electron chi connectivity index (χ4n) is 2.81. The Morgan fingerprint density at radius 3 is 2.88 bits per heavy atom. The number of ketones is 1. The van der Waals surface area contributed by atoms with Crippen LogP contribution < -0.4 is 9.47 Å². The highest BCUT2D eigenvalue weighted by molar-refractivity contribution is 6.07. The normalized spacial score (nSPS) is 15.9. The predicted molar refractivity (Wildman–Crippen MR) is 91.1 cm³/mol. The van der Waals surface area contributed by atoms with Gasteiger partial charge in [-0.1, -0.05) is 0 Å². The van der Waals surface area contributed by atoms with Gasteiger partial charge in [-0.05, 0) is 56.3 Å². The van der Waals surface area contributed by atoms with E-state index in [1.807, 2.05) is 19.9 Å². The standard InChI is InChI=1S/C20H18F2O3/c1-3-24-19-10-14-8-12(2)25-20(14)9-13(19)4-7-18(23)16-11-15(21)5-6-17(16)22/h4-7,9-12H,3,8H2,1-2H3/b7-4+/t12-/m0/s1. The molecule has 2 aromatic carbocycles. The van der Waals surface area contributed by atoms with Crippen LogP contribution in [0.5, 0.6) is 11.5 Å². The average Bonchev–Trinajstić information content (AvgIpc) is 2.93. The molecule has 0 N–H and O–H groups in total. The quantitative estimate of drug-likeness (QED) is 0.588. The van der Waals surface area contributed by atoms with E-state index in [1.54, 1.807) is 6.07 Å². The number of benzene rings is 2. The molecule has 25 heavy (non-hydrogen) atoms. The minimum absolute atomic E-state index is 0.0896. The van der Waals surface area contributed by atoms with Gasteiger partial charge < -0.3 is 9.47 Å². The molecule has 130 valence electrons. The molecule has 0 aliphatic carbocycles. The molecule has 0 aromatic heterocycles. The zero-order valence-corrected chi connectivity index (χ0v) is 14.0. The summed E-state index contributed by atoms with van der Waals surface area (Å²) in [5.74, 6) is -0.655. The summed E-state index contributed by atoms with van der Waals surface area (Å²) >= 11 is 0. The molecule has 0 spiro atoms. The van der Waals surface area contributed by atoms with Crippen molar-refractivity contribution in [1.82, 2.24) is 0 Å². The van der Waals surface area contributed by atoms with Crippen molar-refractivity contribution in [3.8, 4) is 11.5 Å². The number of hydrogen-bond donors (Lipinski definition) is 0. The molecule has 1 aliphatic heterocycles. The maximum atomic E-state index is 13.7. The molecule has 3 rings (SSSR count). The fourth-order valence-corrected chi connectivity index (χ4v) is 2.81. The SMILES string of the molecule is CCOc1cc2c(cc1/C=C/C(=O)c1cc(F)ccc1F)O[C@@H](C)C2. The monoisotopic (exact) mass is 344 g/mol. The van der Waals surface area contributed by atoms with E-state index in [2.05, 4.69) is 0 Å². The second kappa shape index (κ2) is 7.05. The van der Waals surface area contributed by atoms with Crippen molar-refractivity contribution in [3.63, 3.8) is 0 Å². The van der Waals surface area contributed by atoms with Gasteiger partial charge in [0.25, 0.3) is 0 Å². The van der Waals surface area contributed by atoms with Crippen LogP contribution in [0.4, 0.5) is 8.78 Å². The van der Waals surface area contributed by atoms with Crippen LogP contribution in [0.15, 0.2) is 36.4 Å². The largest absolute Gasteiger partial charge is 0.493 e. The van der Waals surface area contributed by atoms with Gasteiger partial charge in [-0.2, -0.15) is 0 Å². The van der Waals surface area contributed by atoms with Crippen LogP contribution >= 0.6 is 0 Å². The Balaban J connectivity index is 1.91. The van der Waals surface area contributed by atoms with Gasteiger partial charge in [-0.15, -0.1) is 0 Å². The lowest BCUT2D eigenvalue weighted by molar-refractivity contribution is 0.104. The van der Waals surface area contributed by atoms with Crippen molar-refractivity contribution in [3.05, 3.63) is 64.7 Å². The van der Waals surface area contributed by atoms with Crippen molar-refractivity contribution < 1.29 is 23.0 Å². The Kier molecular flexibility index (Phi) is 4.83. The Morgan fingerprint density at radius 2 is 2.12 bits per heavy atom. The van der Waals surface area contributed by atoms with Crippen LogP contribution in [0.25, 0.3) is 6.08 Å². The number of allylic oxidation sites excluding steroid dienone is 1. The molecule has 0 bridgehead atoms. The van der Waals surface area contributed by atoms with Gasteiger partial charge in [0, 0.05) is 17.5 Å². The minimum atomic E-state index is -0.757. The first-order chi connectivity index (χ1) is 12.0. The van der Waals surface area contributed by atoms with Crippen LogP contribution in [0.1, 0.15) is 35.3 Å². The molecule has 0 fully saturated rings. The molecule has 0 saturated heterocycles. The molecule has 1 aliphatic rings. The third kappa shape index (κ3) is 3.71. The molecular formula is C20H18F2O3. The van der Waals surface area contributed by atoms with Gasteiger partial charge in [0.2, 0.25) is 0 Å². The third-order valence-electron chi connectivity index (χ3n) is 3.94. The van der Waals surface area contributed by atoms with E-state index in [1.165, 1.54) is 12.2 Å². The third-order valence-corrected chi connectivity index (χ3v) is 3.94. The molecule has 0 saturated carbocycles. The van der Waals surface area contributed by atoms with Crippen molar-refractivity contribution >= 4 is 11.9 Å². The molecular weight excluding hydrogens is 326 g/mol. The Bertz CT molecular complexity index is 843. The lowest BCUT2D eigenvalue weighted by atomic mass is 10.0. The molecule has 3 nitrogen and oxygen atoms in total. The van der Waals surface area contributed by atoms with Gasteiger partial charge in [0.05, 0.1) is 12.2 Å². The number of ether oxygens (including phenoxy) is 2. The molecule has 0 unspecified atom stereocenters. The molecule has 1 heterocycles. The zero-order chi connectivity index (χ0) is 18.0. The maximum absolute atomic E-state index is 13.7. The van der Waals surface area contributed by atoms with Gasteiger partial charge >= 0.3 is 0 Å². The van der Waals surface area contributed by atoms with Crippen LogP contribution in [0.3, 0.4) is 0 Å². The van der Waals surface area contributed by atoms with Gasteiger partial charge in [-0.25, -0.2) is 8.78 Å². The average molecular weight is 344 g/mol. The first-order valence-corrected chi connectivity index (χ1v) is 8.11. The maximum Gasteiger partial charge on any atom is 0.188 e. The van der Waals surface area contributed by atoms with Gasteiger partial charge in [0.15, 0.2) is 5.78 Å². The molecule has 1 atom stereocenters. The van der Waals surface area contributed by atoms with E-state index in [4.69, 9.17) is 9.47 Å². The minimum Gasteiger partial charge on any atom is -0.493 e. The summed E-state index contributed by atoms with van der Waals surface area (Å²) in [7, 11) is 0. The number of halogens is 2. The Morgan fingerprint density at radius 1 is 1.32 bits per heavy atom. The van der Waals surface area contributed by atoms with Crippen molar-refractivity contribution in [1.29, 1.82) is 0 Å². The van der Waals surface area contributed by atoms with E-state index in [0.717, 1.165) is 35.9 Å². The molecule has 0 amide bonds. The van der Waals surface area contributed by atoms with E-state index in [0.29, 0.717) is 17.9 Å². The topological polar surface area (TPSA) is 35.5 Å². The summed E-state index contributed by atoms with van der Waals surface area (Å²) in [5, 5.41) is 0. The summed E-state index contributed by atoms with van der Waals surface area (Å²) in [6.07, 6.45) is 3.63. The van der Waals surface area contributed by atoms with E-state index in [-0.39, 0.29) is 11.7 Å². The summed E-state index contributed by atoms with van der Waals surface area (Å²) < 4.78 is 38.3. The lowest BCUT2D eigenvalue weighted by Crippen LogP contribution is -2.05. The molecule has 5 heteroatoms. The zero-order valence-electron chi connectivity index (χ0n) is 14.0. The van der Waals surface area contributed by atoms with E-state index < -0.39 is 17.4 Å². The Labute approximate surface area is 144 Å². The lowest BCUT2D eigenvalue weighted by Gasteiger charge is -2.10. The molecule has 2 aromatic rings. The van der Waals surface area contributed by atoms with Gasteiger partial charge in [-0.3, -0.25) is 4.79 Å². The van der Waals surface area contributed by atoms with Crippen LogP contribution in [-0.4, -0.2) is 18.5 Å². The van der Waals surface area contributed by atoms with Crippen LogP contribution in [0, 0.1) is 11.6 Å².